The van der Waals surface area contributed by atoms with Gasteiger partial charge < -0.3 is 9.88 Å². The predicted molar refractivity (Wildman–Crippen MR) is 76.5 cm³/mol. The van der Waals surface area contributed by atoms with Crippen molar-refractivity contribution in [3.8, 4) is 0 Å². The minimum atomic E-state index is -0.547. The SMILES string of the molecule is CNC(c1ccn(Cc2ccc(F)cc2F)c1)C(C)C. The maximum absolute atomic E-state index is 13.6. The molecular weight excluding hydrogens is 258 g/mol. The number of nitrogens with zero attached hydrogens (tertiary/aromatic N) is 1. The van der Waals surface area contributed by atoms with Gasteiger partial charge in [-0.05, 0) is 30.7 Å². The third-order valence-electron chi connectivity index (χ3n) is 3.48. The molecule has 0 saturated carbocycles. The molecule has 1 aromatic heterocycles. The predicted octanol–water partition coefficient (Wildman–Crippen LogP) is 3.73. The third kappa shape index (κ3) is 3.25. The molecule has 0 radical (unpaired) electrons. The molecule has 4 heteroatoms. The van der Waals surface area contributed by atoms with Crippen LogP contribution in [0, 0.1) is 17.6 Å². The van der Waals surface area contributed by atoms with Gasteiger partial charge in [-0.1, -0.05) is 19.9 Å². The Bertz CT molecular complexity index is 576. The van der Waals surface area contributed by atoms with Crippen LogP contribution in [0.4, 0.5) is 8.78 Å². The molecule has 108 valence electrons. The maximum Gasteiger partial charge on any atom is 0.131 e. The summed E-state index contributed by atoms with van der Waals surface area (Å²) in [6, 6.07) is 6.00. The molecule has 2 aromatic rings. The lowest BCUT2D eigenvalue weighted by Gasteiger charge is -2.18. The maximum atomic E-state index is 13.6. The Labute approximate surface area is 118 Å². The molecule has 0 fully saturated rings. The second kappa shape index (κ2) is 6.18. The Kier molecular flexibility index (Phi) is 4.55. The van der Waals surface area contributed by atoms with Crippen molar-refractivity contribution in [3.63, 3.8) is 0 Å². The van der Waals surface area contributed by atoms with Crippen molar-refractivity contribution in [1.29, 1.82) is 0 Å². The van der Waals surface area contributed by atoms with Crippen LogP contribution in [0.2, 0.25) is 0 Å². The monoisotopic (exact) mass is 278 g/mol. The third-order valence-corrected chi connectivity index (χ3v) is 3.48. The molecule has 2 rings (SSSR count). The summed E-state index contributed by atoms with van der Waals surface area (Å²) in [4.78, 5) is 0. The molecule has 1 atom stereocenters. The molecular formula is C16H20F2N2. The van der Waals surface area contributed by atoms with Crippen LogP contribution in [0.1, 0.15) is 31.0 Å². The van der Waals surface area contributed by atoms with Gasteiger partial charge in [0.2, 0.25) is 0 Å². The molecule has 1 N–H and O–H groups in total. The van der Waals surface area contributed by atoms with E-state index in [1.807, 2.05) is 30.1 Å². The summed E-state index contributed by atoms with van der Waals surface area (Å²) in [5, 5.41) is 3.28. The highest BCUT2D eigenvalue weighted by atomic mass is 19.1. The molecule has 1 heterocycles. The quantitative estimate of drug-likeness (QED) is 0.881. The van der Waals surface area contributed by atoms with E-state index in [9.17, 15) is 8.78 Å². The van der Waals surface area contributed by atoms with Gasteiger partial charge in [0.25, 0.3) is 0 Å². The first-order chi connectivity index (χ1) is 9.51. The highest BCUT2D eigenvalue weighted by Crippen LogP contribution is 2.22. The first-order valence-corrected chi connectivity index (χ1v) is 6.78. The molecule has 2 nitrogen and oxygen atoms in total. The average Bonchev–Trinajstić information content (AvgIpc) is 2.81. The minimum Gasteiger partial charge on any atom is -0.349 e. The van der Waals surface area contributed by atoms with Crippen LogP contribution in [-0.4, -0.2) is 11.6 Å². The molecule has 1 unspecified atom stereocenters. The lowest BCUT2D eigenvalue weighted by Crippen LogP contribution is -2.21. The van der Waals surface area contributed by atoms with Gasteiger partial charge in [0.05, 0.1) is 0 Å². The van der Waals surface area contributed by atoms with E-state index in [0.29, 0.717) is 18.0 Å². The van der Waals surface area contributed by atoms with E-state index < -0.39 is 11.6 Å². The fourth-order valence-electron chi connectivity index (χ4n) is 2.47. The van der Waals surface area contributed by atoms with Gasteiger partial charge in [-0.2, -0.15) is 0 Å². The Morgan fingerprint density at radius 2 is 1.95 bits per heavy atom. The number of hydrogen-bond acceptors (Lipinski definition) is 1. The van der Waals surface area contributed by atoms with Gasteiger partial charge in [0.15, 0.2) is 0 Å². The number of benzene rings is 1. The first-order valence-electron chi connectivity index (χ1n) is 6.78. The largest absolute Gasteiger partial charge is 0.349 e. The summed E-state index contributed by atoms with van der Waals surface area (Å²) in [5.74, 6) is -0.581. The van der Waals surface area contributed by atoms with Gasteiger partial charge >= 0.3 is 0 Å². The Balaban J connectivity index is 2.17. The van der Waals surface area contributed by atoms with Crippen molar-refractivity contribution >= 4 is 0 Å². The fraction of sp³-hybridized carbons (Fsp3) is 0.375. The van der Waals surface area contributed by atoms with Crippen molar-refractivity contribution in [3.05, 3.63) is 59.4 Å². The molecule has 0 spiro atoms. The summed E-state index contributed by atoms with van der Waals surface area (Å²) in [6.45, 7) is 4.71. The number of rotatable bonds is 5. The molecule has 1 aromatic carbocycles. The van der Waals surface area contributed by atoms with E-state index in [0.717, 1.165) is 6.07 Å². The molecule has 0 bridgehead atoms. The molecule has 0 saturated heterocycles. The molecule has 0 amide bonds. The van der Waals surface area contributed by atoms with Crippen molar-refractivity contribution in [2.75, 3.05) is 7.05 Å². The van der Waals surface area contributed by atoms with E-state index in [1.165, 1.54) is 17.7 Å². The standard InChI is InChI=1S/C16H20F2N2/c1-11(2)16(19-3)13-6-7-20(10-13)9-12-4-5-14(17)8-15(12)18/h4-8,10-11,16,19H,9H2,1-3H3. The van der Waals surface area contributed by atoms with E-state index in [4.69, 9.17) is 0 Å². The van der Waals surface area contributed by atoms with E-state index in [1.54, 1.807) is 0 Å². The Morgan fingerprint density at radius 3 is 2.55 bits per heavy atom. The normalized spacial score (nSPS) is 12.9. The van der Waals surface area contributed by atoms with Crippen molar-refractivity contribution in [2.45, 2.75) is 26.4 Å². The Hall–Kier alpha value is -1.68. The van der Waals surface area contributed by atoms with Gasteiger partial charge in [-0.15, -0.1) is 0 Å². The zero-order valence-corrected chi connectivity index (χ0v) is 12.0. The topological polar surface area (TPSA) is 17.0 Å². The van der Waals surface area contributed by atoms with Crippen LogP contribution in [-0.2, 0) is 6.54 Å². The van der Waals surface area contributed by atoms with E-state index in [-0.39, 0.29) is 6.04 Å². The fourth-order valence-corrected chi connectivity index (χ4v) is 2.47. The van der Waals surface area contributed by atoms with Gasteiger partial charge in [0.1, 0.15) is 11.6 Å². The van der Waals surface area contributed by atoms with Crippen LogP contribution in [0.25, 0.3) is 0 Å². The summed E-state index contributed by atoms with van der Waals surface area (Å²) in [6.07, 6.45) is 3.93. The average molecular weight is 278 g/mol. The van der Waals surface area contributed by atoms with Crippen molar-refractivity contribution in [1.82, 2.24) is 9.88 Å². The molecule has 20 heavy (non-hydrogen) atoms. The number of nitrogens with one attached hydrogen (secondary N) is 1. The highest BCUT2D eigenvalue weighted by molar-refractivity contribution is 5.21. The van der Waals surface area contributed by atoms with Gasteiger partial charge in [-0.25, -0.2) is 8.78 Å². The Morgan fingerprint density at radius 1 is 1.20 bits per heavy atom. The second-order valence-electron chi connectivity index (χ2n) is 5.36. The summed E-state index contributed by atoms with van der Waals surface area (Å²) in [5.41, 5.74) is 1.66. The summed E-state index contributed by atoms with van der Waals surface area (Å²) in [7, 11) is 1.93. The number of aromatic nitrogens is 1. The minimum absolute atomic E-state index is 0.273. The molecule has 0 aliphatic heterocycles. The van der Waals surface area contributed by atoms with Crippen molar-refractivity contribution < 1.29 is 8.78 Å². The van der Waals surface area contributed by atoms with Crippen LogP contribution in [0.15, 0.2) is 36.7 Å². The van der Waals surface area contributed by atoms with Crippen LogP contribution in [0.3, 0.4) is 0 Å². The zero-order valence-electron chi connectivity index (χ0n) is 12.0. The van der Waals surface area contributed by atoms with E-state index in [2.05, 4.69) is 19.2 Å². The highest BCUT2D eigenvalue weighted by Gasteiger charge is 2.14. The molecule has 0 aliphatic carbocycles. The smallest absolute Gasteiger partial charge is 0.131 e. The zero-order chi connectivity index (χ0) is 14.7. The van der Waals surface area contributed by atoms with Crippen LogP contribution >= 0.6 is 0 Å². The van der Waals surface area contributed by atoms with Crippen LogP contribution < -0.4 is 5.32 Å². The van der Waals surface area contributed by atoms with Gasteiger partial charge in [0, 0.05) is 36.6 Å². The first kappa shape index (κ1) is 14.7. The summed E-state index contributed by atoms with van der Waals surface area (Å²) >= 11 is 0. The number of hydrogen-bond donors (Lipinski definition) is 1. The van der Waals surface area contributed by atoms with Gasteiger partial charge in [-0.3, -0.25) is 0 Å². The lowest BCUT2D eigenvalue weighted by molar-refractivity contribution is 0.442. The lowest BCUT2D eigenvalue weighted by atomic mass is 9.99. The number of halogens is 2. The van der Waals surface area contributed by atoms with Crippen LogP contribution in [0.5, 0.6) is 0 Å². The summed E-state index contributed by atoms with van der Waals surface area (Å²) < 4.78 is 28.4. The second-order valence-corrected chi connectivity index (χ2v) is 5.36. The van der Waals surface area contributed by atoms with Crippen molar-refractivity contribution in [2.24, 2.45) is 5.92 Å². The molecule has 0 aliphatic rings. The van der Waals surface area contributed by atoms with E-state index >= 15 is 0 Å².